The number of nitrogens with two attached hydrogens (primary N) is 1. The summed E-state index contributed by atoms with van der Waals surface area (Å²) in [5, 5.41) is 23.8. The second-order valence-corrected chi connectivity index (χ2v) is 6.22. The lowest BCUT2D eigenvalue weighted by atomic mass is 10.0. The van der Waals surface area contributed by atoms with Crippen LogP contribution in [-0.2, 0) is 25.6 Å². The highest BCUT2D eigenvalue weighted by atomic mass is 16.4. The van der Waals surface area contributed by atoms with E-state index in [9.17, 15) is 24.3 Å². The van der Waals surface area contributed by atoms with Gasteiger partial charge in [0.05, 0.1) is 6.54 Å². The van der Waals surface area contributed by atoms with Gasteiger partial charge in [-0.05, 0) is 18.1 Å². The topological polar surface area (TPSA) is 175 Å². The van der Waals surface area contributed by atoms with Crippen LogP contribution in [0.2, 0.25) is 0 Å². The van der Waals surface area contributed by atoms with Crippen LogP contribution in [-0.4, -0.2) is 57.6 Å². The van der Waals surface area contributed by atoms with E-state index < -0.39 is 35.8 Å². The first-order valence-electron chi connectivity index (χ1n) is 8.61. The van der Waals surface area contributed by atoms with Crippen molar-refractivity contribution in [1.29, 1.82) is 0 Å². The molecular weight excluding hydrogens is 368 g/mol. The monoisotopic (exact) mass is 390 g/mol. The number of aromatic amines is 1. The van der Waals surface area contributed by atoms with E-state index in [4.69, 9.17) is 10.8 Å². The molecule has 0 radical (unpaired) electrons. The highest BCUT2D eigenvalue weighted by Crippen LogP contribution is 2.19. The second kappa shape index (κ2) is 9.51. The fraction of sp³-hybridized carbons (Fsp3) is 0.333. The Morgan fingerprint density at radius 3 is 2.43 bits per heavy atom. The highest BCUT2D eigenvalue weighted by molar-refractivity contribution is 5.91. The number of amides is 2. The van der Waals surface area contributed by atoms with Crippen LogP contribution >= 0.6 is 0 Å². The molecule has 7 N–H and O–H groups in total. The van der Waals surface area contributed by atoms with E-state index in [1.807, 2.05) is 24.3 Å². The quantitative estimate of drug-likeness (QED) is 0.319. The molecule has 10 nitrogen and oxygen atoms in total. The summed E-state index contributed by atoms with van der Waals surface area (Å²) < 4.78 is 0. The lowest BCUT2D eigenvalue weighted by Crippen LogP contribution is -2.53. The third-order valence-electron chi connectivity index (χ3n) is 4.20. The molecule has 0 aliphatic carbocycles. The summed E-state index contributed by atoms with van der Waals surface area (Å²) in [6.45, 7) is -0.380. The zero-order valence-electron chi connectivity index (χ0n) is 15.0. The summed E-state index contributed by atoms with van der Waals surface area (Å²) in [4.78, 5) is 49.4. The fourth-order valence-electron chi connectivity index (χ4n) is 2.78. The van der Waals surface area contributed by atoms with Crippen LogP contribution in [0.5, 0.6) is 0 Å². The molecule has 0 fully saturated rings. The van der Waals surface area contributed by atoms with Crippen molar-refractivity contribution >= 4 is 34.7 Å². The number of para-hydroxylation sites is 1. The average molecular weight is 390 g/mol. The summed E-state index contributed by atoms with van der Waals surface area (Å²) in [5.74, 6) is -3.82. The zero-order valence-corrected chi connectivity index (χ0v) is 15.0. The van der Waals surface area contributed by atoms with Crippen LogP contribution < -0.4 is 16.4 Å². The lowest BCUT2D eigenvalue weighted by molar-refractivity contribution is -0.142. The number of hydrogen-bond acceptors (Lipinski definition) is 5. The molecule has 1 aromatic heterocycles. The molecule has 2 aromatic rings. The van der Waals surface area contributed by atoms with Gasteiger partial charge in [-0.2, -0.15) is 0 Å². The maximum atomic E-state index is 12.5. The largest absolute Gasteiger partial charge is 0.481 e. The van der Waals surface area contributed by atoms with Gasteiger partial charge in [-0.15, -0.1) is 0 Å². The number of H-pyrrole nitrogens is 1. The highest BCUT2D eigenvalue weighted by Gasteiger charge is 2.27. The molecule has 2 unspecified atom stereocenters. The number of aliphatic carboxylic acids is 2. The van der Waals surface area contributed by atoms with Gasteiger partial charge in [0, 0.05) is 29.9 Å². The number of carboxylic acids is 2. The van der Waals surface area contributed by atoms with E-state index in [2.05, 4.69) is 15.6 Å². The molecule has 1 aromatic carbocycles. The van der Waals surface area contributed by atoms with E-state index in [0.29, 0.717) is 5.56 Å². The number of aromatic nitrogens is 1. The Bertz CT molecular complexity index is 878. The second-order valence-electron chi connectivity index (χ2n) is 6.22. The summed E-state index contributed by atoms with van der Waals surface area (Å²) >= 11 is 0. The molecule has 28 heavy (non-hydrogen) atoms. The Morgan fingerprint density at radius 1 is 1.07 bits per heavy atom. The van der Waals surface area contributed by atoms with Crippen molar-refractivity contribution in [2.45, 2.75) is 31.3 Å². The molecular formula is C18H22N4O6. The predicted molar refractivity (Wildman–Crippen MR) is 99.4 cm³/mol. The first-order valence-corrected chi connectivity index (χ1v) is 8.61. The van der Waals surface area contributed by atoms with E-state index in [0.717, 1.165) is 10.9 Å². The van der Waals surface area contributed by atoms with Crippen LogP contribution in [0.3, 0.4) is 0 Å². The van der Waals surface area contributed by atoms with Gasteiger partial charge in [-0.1, -0.05) is 18.2 Å². The summed E-state index contributed by atoms with van der Waals surface area (Å²) in [6.07, 6.45) is 1.13. The third kappa shape index (κ3) is 5.55. The molecule has 150 valence electrons. The summed E-state index contributed by atoms with van der Waals surface area (Å²) in [7, 11) is 0. The Kier molecular flexibility index (Phi) is 7.10. The Hall–Kier alpha value is -3.40. The Labute approximate surface area is 160 Å². The van der Waals surface area contributed by atoms with E-state index in [-0.39, 0.29) is 25.8 Å². The van der Waals surface area contributed by atoms with Crippen molar-refractivity contribution < 1.29 is 29.4 Å². The van der Waals surface area contributed by atoms with Gasteiger partial charge in [-0.25, -0.2) is 4.79 Å². The SMILES string of the molecule is NCC(=O)NC(CCC(=O)O)C(=O)NC(Cc1c[nH]c2ccccc12)C(=O)O. The van der Waals surface area contributed by atoms with E-state index >= 15 is 0 Å². The minimum absolute atomic E-state index is 0.0154. The molecule has 10 heteroatoms. The molecule has 2 amide bonds. The maximum Gasteiger partial charge on any atom is 0.326 e. The molecule has 0 spiro atoms. The smallest absolute Gasteiger partial charge is 0.326 e. The number of rotatable bonds is 10. The zero-order chi connectivity index (χ0) is 20.7. The molecule has 0 saturated heterocycles. The minimum atomic E-state index is -1.26. The van der Waals surface area contributed by atoms with Gasteiger partial charge in [-0.3, -0.25) is 14.4 Å². The van der Waals surface area contributed by atoms with E-state index in [1.54, 1.807) is 6.20 Å². The van der Waals surface area contributed by atoms with Gasteiger partial charge in [0.2, 0.25) is 11.8 Å². The van der Waals surface area contributed by atoms with Crippen LogP contribution in [0.1, 0.15) is 18.4 Å². The molecule has 2 rings (SSSR count). The number of carbonyl (C=O) groups is 4. The average Bonchev–Trinajstić information content (AvgIpc) is 3.07. The van der Waals surface area contributed by atoms with Crippen molar-refractivity contribution in [2.24, 2.45) is 5.73 Å². The van der Waals surface area contributed by atoms with E-state index in [1.165, 1.54) is 0 Å². The first-order chi connectivity index (χ1) is 13.3. The number of fused-ring (bicyclic) bond motifs is 1. The molecule has 2 atom stereocenters. The molecule has 0 aliphatic heterocycles. The lowest BCUT2D eigenvalue weighted by Gasteiger charge is -2.21. The fourth-order valence-corrected chi connectivity index (χ4v) is 2.78. The normalized spacial score (nSPS) is 12.9. The molecule has 1 heterocycles. The molecule has 0 aliphatic rings. The third-order valence-corrected chi connectivity index (χ3v) is 4.20. The van der Waals surface area contributed by atoms with Crippen molar-refractivity contribution in [3.05, 3.63) is 36.0 Å². The molecule has 0 saturated carbocycles. The molecule has 0 bridgehead atoms. The van der Waals surface area contributed by atoms with Crippen molar-refractivity contribution in [1.82, 2.24) is 15.6 Å². The van der Waals surface area contributed by atoms with Crippen molar-refractivity contribution in [3.63, 3.8) is 0 Å². The summed E-state index contributed by atoms with van der Waals surface area (Å²) in [6, 6.07) is 4.88. The summed E-state index contributed by atoms with van der Waals surface area (Å²) in [5.41, 5.74) is 6.75. The van der Waals surface area contributed by atoms with Crippen LogP contribution in [0.4, 0.5) is 0 Å². The van der Waals surface area contributed by atoms with Crippen molar-refractivity contribution in [2.75, 3.05) is 6.54 Å². The van der Waals surface area contributed by atoms with Gasteiger partial charge in [0.15, 0.2) is 0 Å². The standard InChI is InChI=1S/C18H22N4O6/c19-8-15(23)21-13(5-6-16(24)25)17(26)22-14(18(27)28)7-10-9-20-12-4-2-1-3-11(10)12/h1-4,9,13-14,20H,5-8,19H2,(H,21,23)(H,22,26)(H,24,25)(H,27,28). The number of carboxylic acid groups (broad SMARTS) is 2. The van der Waals surface area contributed by atoms with Crippen LogP contribution in [0, 0.1) is 0 Å². The number of carbonyl (C=O) groups excluding carboxylic acids is 2. The maximum absolute atomic E-state index is 12.5. The minimum Gasteiger partial charge on any atom is -0.481 e. The van der Waals surface area contributed by atoms with Crippen LogP contribution in [0.15, 0.2) is 30.5 Å². The van der Waals surface area contributed by atoms with Crippen molar-refractivity contribution in [3.8, 4) is 0 Å². The van der Waals surface area contributed by atoms with Gasteiger partial charge in [0.25, 0.3) is 0 Å². The predicted octanol–water partition coefficient (Wildman–Crippen LogP) is -0.412. The Balaban J connectivity index is 2.13. The number of hydrogen-bond donors (Lipinski definition) is 6. The van der Waals surface area contributed by atoms with Gasteiger partial charge < -0.3 is 31.6 Å². The first kappa shape index (κ1) is 20.9. The van der Waals surface area contributed by atoms with Gasteiger partial charge in [0.1, 0.15) is 12.1 Å². The Morgan fingerprint density at radius 2 is 1.79 bits per heavy atom. The number of nitrogens with one attached hydrogen (secondary N) is 3. The number of benzene rings is 1. The van der Waals surface area contributed by atoms with Gasteiger partial charge >= 0.3 is 11.9 Å². The van der Waals surface area contributed by atoms with Crippen LogP contribution in [0.25, 0.3) is 10.9 Å².